The highest BCUT2D eigenvalue weighted by molar-refractivity contribution is 7.90. The van der Waals surface area contributed by atoms with Gasteiger partial charge in [0.05, 0.1) is 23.3 Å². The minimum atomic E-state index is -4.15. The maximum Gasteiger partial charge on any atom is 0.337 e. The van der Waals surface area contributed by atoms with Gasteiger partial charge in [-0.15, -0.1) is 0 Å². The highest BCUT2D eigenvalue weighted by Gasteiger charge is 2.18. The normalized spacial score (nSPS) is 11.2. The average molecular weight is 452 g/mol. The lowest BCUT2D eigenvalue weighted by atomic mass is 10.2. The molecule has 0 aliphatic heterocycles. The number of carbonyl (C=O) groups excluding carboxylic acids is 2. The molecule has 0 radical (unpaired) electrons. The standard InChI is InChI=1S/C23H20N2O6S/c1-30-23(27)18-5-4-7-21(15-18)32(28,29)25-22(26)13-10-17-8-11-20(12-9-17)31-16-19-6-2-3-14-24-19/h2-15H,16H2,1H3,(H,25,26)/b13-10+. The number of methoxy groups -OCH3 is 1. The Hall–Kier alpha value is -3.98. The van der Waals surface area contributed by atoms with E-state index in [1.807, 2.05) is 22.9 Å². The Kier molecular flexibility index (Phi) is 7.35. The summed E-state index contributed by atoms with van der Waals surface area (Å²) in [6, 6.07) is 17.7. The number of sulfonamides is 1. The number of aromatic nitrogens is 1. The third-order valence-electron chi connectivity index (χ3n) is 4.22. The van der Waals surface area contributed by atoms with Gasteiger partial charge in [-0.05, 0) is 54.1 Å². The van der Waals surface area contributed by atoms with E-state index in [2.05, 4.69) is 9.72 Å². The summed E-state index contributed by atoms with van der Waals surface area (Å²) in [7, 11) is -2.96. The van der Waals surface area contributed by atoms with E-state index in [0.29, 0.717) is 17.9 Å². The second kappa shape index (κ2) is 10.4. The molecule has 164 valence electrons. The Morgan fingerprint density at radius 2 is 1.81 bits per heavy atom. The van der Waals surface area contributed by atoms with Gasteiger partial charge < -0.3 is 9.47 Å². The van der Waals surface area contributed by atoms with Crippen molar-refractivity contribution in [3.05, 3.63) is 95.8 Å². The molecule has 1 heterocycles. The first-order valence-corrected chi connectivity index (χ1v) is 10.9. The Labute approximate surface area is 185 Å². The molecule has 0 saturated carbocycles. The number of pyridine rings is 1. The van der Waals surface area contributed by atoms with Crippen LogP contribution in [0.3, 0.4) is 0 Å². The zero-order valence-electron chi connectivity index (χ0n) is 17.1. The molecule has 3 rings (SSSR count). The van der Waals surface area contributed by atoms with Gasteiger partial charge in [-0.25, -0.2) is 17.9 Å². The van der Waals surface area contributed by atoms with Crippen LogP contribution in [0.1, 0.15) is 21.6 Å². The second-order valence-electron chi connectivity index (χ2n) is 6.50. The van der Waals surface area contributed by atoms with Crippen molar-refractivity contribution < 1.29 is 27.5 Å². The molecular formula is C23H20N2O6S. The van der Waals surface area contributed by atoms with Gasteiger partial charge in [-0.2, -0.15) is 0 Å². The summed E-state index contributed by atoms with van der Waals surface area (Å²) in [6.07, 6.45) is 4.26. The largest absolute Gasteiger partial charge is 0.487 e. The average Bonchev–Trinajstić information content (AvgIpc) is 2.82. The SMILES string of the molecule is COC(=O)c1cccc(S(=O)(=O)NC(=O)/C=C/c2ccc(OCc3ccccn3)cc2)c1. The molecule has 0 unspecified atom stereocenters. The van der Waals surface area contributed by atoms with Crippen LogP contribution in [0.4, 0.5) is 0 Å². The number of hydrogen-bond acceptors (Lipinski definition) is 7. The quantitative estimate of drug-likeness (QED) is 0.413. The molecule has 0 aliphatic carbocycles. The zero-order chi connectivity index (χ0) is 23.0. The van der Waals surface area contributed by atoms with Gasteiger partial charge in [0.25, 0.3) is 15.9 Å². The van der Waals surface area contributed by atoms with Crippen LogP contribution in [-0.2, 0) is 26.2 Å². The van der Waals surface area contributed by atoms with Gasteiger partial charge in [0, 0.05) is 12.3 Å². The fraction of sp³-hybridized carbons (Fsp3) is 0.0870. The fourth-order valence-corrected chi connectivity index (χ4v) is 3.61. The van der Waals surface area contributed by atoms with E-state index >= 15 is 0 Å². The summed E-state index contributed by atoms with van der Waals surface area (Å²) in [5, 5.41) is 0. The monoisotopic (exact) mass is 452 g/mol. The number of benzene rings is 2. The Morgan fingerprint density at radius 3 is 2.50 bits per heavy atom. The maximum absolute atomic E-state index is 12.4. The molecule has 0 spiro atoms. The van der Waals surface area contributed by atoms with Crippen molar-refractivity contribution in [3.63, 3.8) is 0 Å². The maximum atomic E-state index is 12.4. The molecule has 1 N–H and O–H groups in total. The van der Waals surface area contributed by atoms with Crippen LogP contribution in [0.25, 0.3) is 6.08 Å². The number of esters is 1. The van der Waals surface area contributed by atoms with E-state index in [1.54, 1.807) is 30.5 Å². The van der Waals surface area contributed by atoms with E-state index in [4.69, 9.17) is 4.74 Å². The molecule has 1 amide bonds. The molecule has 9 heteroatoms. The van der Waals surface area contributed by atoms with Crippen molar-refractivity contribution in [1.82, 2.24) is 9.71 Å². The summed E-state index contributed by atoms with van der Waals surface area (Å²) in [4.78, 5) is 27.6. The number of amides is 1. The van der Waals surface area contributed by atoms with E-state index in [-0.39, 0.29) is 10.5 Å². The van der Waals surface area contributed by atoms with Gasteiger partial charge in [0.2, 0.25) is 0 Å². The Balaban J connectivity index is 1.59. The molecule has 0 atom stereocenters. The number of rotatable bonds is 8. The van der Waals surface area contributed by atoms with Crippen molar-refractivity contribution in [3.8, 4) is 5.75 Å². The topological polar surface area (TPSA) is 112 Å². The van der Waals surface area contributed by atoms with Crippen molar-refractivity contribution in [1.29, 1.82) is 0 Å². The Bertz CT molecular complexity index is 1220. The number of hydrogen-bond donors (Lipinski definition) is 1. The summed E-state index contributed by atoms with van der Waals surface area (Å²) in [5.41, 5.74) is 1.53. The molecule has 0 fully saturated rings. The van der Waals surface area contributed by atoms with Gasteiger partial charge in [0.1, 0.15) is 12.4 Å². The van der Waals surface area contributed by atoms with Gasteiger partial charge in [-0.1, -0.05) is 24.3 Å². The van der Waals surface area contributed by atoms with Crippen LogP contribution in [0, 0.1) is 0 Å². The molecule has 0 saturated heterocycles. The summed E-state index contributed by atoms with van der Waals surface area (Å²) < 4.78 is 37.0. The number of nitrogens with one attached hydrogen (secondary N) is 1. The van der Waals surface area contributed by atoms with Gasteiger partial charge in [0.15, 0.2) is 0 Å². The van der Waals surface area contributed by atoms with E-state index in [1.165, 1.54) is 31.4 Å². The van der Waals surface area contributed by atoms with Crippen LogP contribution in [0.2, 0.25) is 0 Å². The first-order valence-electron chi connectivity index (χ1n) is 9.43. The second-order valence-corrected chi connectivity index (χ2v) is 8.18. The highest BCUT2D eigenvalue weighted by atomic mass is 32.2. The molecule has 0 aliphatic rings. The molecule has 0 bridgehead atoms. The van der Waals surface area contributed by atoms with Gasteiger partial charge >= 0.3 is 5.97 Å². The zero-order valence-corrected chi connectivity index (χ0v) is 17.9. The highest BCUT2D eigenvalue weighted by Crippen LogP contribution is 2.15. The van der Waals surface area contributed by atoms with Crippen LogP contribution in [-0.4, -0.2) is 32.4 Å². The third-order valence-corrected chi connectivity index (χ3v) is 5.56. The number of ether oxygens (including phenoxy) is 2. The summed E-state index contributed by atoms with van der Waals surface area (Å²) in [6.45, 7) is 0.327. The molecule has 8 nitrogen and oxygen atoms in total. The van der Waals surface area contributed by atoms with Crippen LogP contribution in [0.15, 0.2) is 83.9 Å². The molecule has 2 aromatic carbocycles. The molecular weight excluding hydrogens is 432 g/mol. The third kappa shape index (κ3) is 6.26. The lowest BCUT2D eigenvalue weighted by Gasteiger charge is -2.07. The number of carbonyl (C=O) groups is 2. The van der Waals surface area contributed by atoms with E-state index in [9.17, 15) is 18.0 Å². The first-order chi connectivity index (χ1) is 15.4. The lowest BCUT2D eigenvalue weighted by Crippen LogP contribution is -2.29. The van der Waals surface area contributed by atoms with Crippen LogP contribution < -0.4 is 9.46 Å². The summed E-state index contributed by atoms with van der Waals surface area (Å²) in [5.74, 6) is -0.880. The first kappa shape index (κ1) is 22.7. The molecule has 32 heavy (non-hydrogen) atoms. The summed E-state index contributed by atoms with van der Waals surface area (Å²) >= 11 is 0. The predicted octanol–water partition coefficient (Wildman–Crippen LogP) is 2.97. The van der Waals surface area contributed by atoms with Crippen LogP contribution >= 0.6 is 0 Å². The fourth-order valence-electron chi connectivity index (χ4n) is 2.62. The molecule has 3 aromatic rings. The van der Waals surface area contributed by atoms with Gasteiger partial charge in [-0.3, -0.25) is 9.78 Å². The minimum Gasteiger partial charge on any atom is -0.487 e. The van der Waals surface area contributed by atoms with Crippen molar-refractivity contribution in [2.24, 2.45) is 0 Å². The van der Waals surface area contributed by atoms with Crippen molar-refractivity contribution in [2.45, 2.75) is 11.5 Å². The van der Waals surface area contributed by atoms with Crippen LogP contribution in [0.5, 0.6) is 5.75 Å². The predicted molar refractivity (Wildman–Crippen MR) is 117 cm³/mol. The number of nitrogens with zero attached hydrogens (tertiary/aromatic N) is 1. The van der Waals surface area contributed by atoms with Crippen molar-refractivity contribution >= 4 is 28.0 Å². The molecule has 1 aromatic heterocycles. The van der Waals surface area contributed by atoms with E-state index in [0.717, 1.165) is 17.8 Å². The minimum absolute atomic E-state index is 0.0590. The lowest BCUT2D eigenvalue weighted by molar-refractivity contribution is -0.114. The Morgan fingerprint density at radius 1 is 1.03 bits per heavy atom. The smallest absolute Gasteiger partial charge is 0.337 e. The van der Waals surface area contributed by atoms with Crippen molar-refractivity contribution in [2.75, 3.05) is 7.11 Å². The van der Waals surface area contributed by atoms with E-state index < -0.39 is 21.9 Å².